The molecule has 2 fully saturated rings. The lowest BCUT2D eigenvalue weighted by Gasteiger charge is -2.36. The summed E-state index contributed by atoms with van der Waals surface area (Å²) in [5, 5.41) is 12.6. The standard InChI is InChI=1S/C17H26N2O2S/c1-13-6-11-22-17(13)14-4-10-19(12-15(14)20)16(21)5-9-18-7-2-3-8-18/h6,11,14-15,20H,2-5,7-10,12H2,1H3/t14-,15-/m1/s1. The number of piperidine rings is 1. The molecule has 1 N–H and O–H groups in total. The van der Waals surface area contributed by atoms with Crippen molar-refractivity contribution >= 4 is 17.2 Å². The summed E-state index contributed by atoms with van der Waals surface area (Å²) in [5.74, 6) is 0.398. The highest BCUT2D eigenvalue weighted by atomic mass is 32.1. The average Bonchev–Trinajstić information content (AvgIpc) is 3.16. The van der Waals surface area contributed by atoms with Crippen LogP contribution in [0.5, 0.6) is 0 Å². The van der Waals surface area contributed by atoms with Crippen molar-refractivity contribution < 1.29 is 9.90 Å². The number of amides is 1. The molecule has 0 aliphatic carbocycles. The molecule has 0 spiro atoms. The fourth-order valence-electron chi connectivity index (χ4n) is 3.65. The SMILES string of the molecule is Cc1ccsc1[C@@H]1CCN(C(=O)CCN2CCCC2)C[C@H]1O. The molecule has 3 heterocycles. The summed E-state index contributed by atoms with van der Waals surface area (Å²) in [6.45, 7) is 6.51. The molecule has 0 unspecified atom stereocenters. The Balaban J connectivity index is 1.51. The lowest BCUT2D eigenvalue weighted by Crippen LogP contribution is -2.46. The van der Waals surface area contributed by atoms with E-state index in [0.717, 1.165) is 32.6 Å². The predicted molar refractivity (Wildman–Crippen MR) is 89.3 cm³/mol. The van der Waals surface area contributed by atoms with Crippen LogP contribution in [-0.4, -0.2) is 59.6 Å². The second-order valence-corrected chi connectivity index (χ2v) is 7.52. The van der Waals surface area contributed by atoms with Crippen molar-refractivity contribution in [2.24, 2.45) is 0 Å². The maximum atomic E-state index is 12.4. The molecule has 0 aromatic carbocycles. The van der Waals surface area contributed by atoms with Crippen molar-refractivity contribution in [2.45, 2.75) is 44.6 Å². The summed E-state index contributed by atoms with van der Waals surface area (Å²) < 4.78 is 0. The molecule has 0 saturated carbocycles. The van der Waals surface area contributed by atoms with E-state index in [-0.39, 0.29) is 11.8 Å². The molecular weight excluding hydrogens is 296 g/mol. The normalized spacial score (nSPS) is 26.5. The first kappa shape index (κ1) is 16.0. The van der Waals surface area contributed by atoms with Crippen LogP contribution in [-0.2, 0) is 4.79 Å². The average molecular weight is 322 g/mol. The minimum Gasteiger partial charge on any atom is -0.391 e. The molecule has 1 amide bonds. The Bertz CT molecular complexity index is 511. The van der Waals surface area contributed by atoms with Crippen LogP contribution < -0.4 is 0 Å². The molecule has 2 atom stereocenters. The van der Waals surface area contributed by atoms with Crippen LogP contribution in [0, 0.1) is 6.92 Å². The zero-order chi connectivity index (χ0) is 15.5. The van der Waals surface area contributed by atoms with Gasteiger partial charge in [-0.05, 0) is 56.3 Å². The van der Waals surface area contributed by atoms with Crippen molar-refractivity contribution in [3.8, 4) is 0 Å². The van der Waals surface area contributed by atoms with Crippen LogP contribution in [0.2, 0.25) is 0 Å². The summed E-state index contributed by atoms with van der Waals surface area (Å²) in [6.07, 6.45) is 3.56. The van der Waals surface area contributed by atoms with E-state index in [4.69, 9.17) is 0 Å². The number of rotatable bonds is 4. The number of aryl methyl sites for hydroxylation is 1. The molecule has 0 radical (unpaired) electrons. The number of likely N-dealkylation sites (tertiary alicyclic amines) is 2. The summed E-state index contributed by atoms with van der Waals surface area (Å²) in [5.41, 5.74) is 1.27. The molecule has 4 nitrogen and oxygen atoms in total. The Morgan fingerprint density at radius 2 is 2.14 bits per heavy atom. The molecule has 2 aliphatic heterocycles. The molecule has 5 heteroatoms. The van der Waals surface area contributed by atoms with Gasteiger partial charge in [-0.25, -0.2) is 0 Å². The van der Waals surface area contributed by atoms with Crippen LogP contribution in [0.25, 0.3) is 0 Å². The van der Waals surface area contributed by atoms with Crippen molar-refractivity contribution in [2.75, 3.05) is 32.7 Å². The number of β-amino-alcohol motifs (C(OH)–C–C–N with tert-alkyl or cyclic N) is 1. The molecule has 1 aromatic rings. The molecule has 2 aliphatic rings. The zero-order valence-corrected chi connectivity index (χ0v) is 14.1. The molecular formula is C17H26N2O2S. The van der Waals surface area contributed by atoms with E-state index in [1.807, 2.05) is 4.90 Å². The Hall–Kier alpha value is -0.910. The molecule has 0 bridgehead atoms. The molecule has 122 valence electrons. The quantitative estimate of drug-likeness (QED) is 0.924. The van der Waals surface area contributed by atoms with Gasteiger partial charge in [0.15, 0.2) is 0 Å². The van der Waals surface area contributed by atoms with Gasteiger partial charge in [-0.3, -0.25) is 4.79 Å². The monoisotopic (exact) mass is 322 g/mol. The fourth-order valence-corrected chi connectivity index (χ4v) is 4.77. The largest absolute Gasteiger partial charge is 0.391 e. The van der Waals surface area contributed by atoms with Gasteiger partial charge in [-0.15, -0.1) is 11.3 Å². The second kappa shape index (κ2) is 7.11. The maximum absolute atomic E-state index is 12.4. The Morgan fingerprint density at radius 3 is 2.77 bits per heavy atom. The third kappa shape index (κ3) is 3.53. The number of aliphatic hydroxyl groups is 1. The first-order valence-electron chi connectivity index (χ1n) is 8.37. The van der Waals surface area contributed by atoms with Gasteiger partial charge in [-0.1, -0.05) is 0 Å². The summed E-state index contributed by atoms with van der Waals surface area (Å²) in [7, 11) is 0. The molecule has 1 aromatic heterocycles. The maximum Gasteiger partial charge on any atom is 0.223 e. The first-order valence-corrected chi connectivity index (χ1v) is 9.25. The highest BCUT2D eigenvalue weighted by molar-refractivity contribution is 7.10. The van der Waals surface area contributed by atoms with Crippen LogP contribution in [0.3, 0.4) is 0 Å². The first-order chi connectivity index (χ1) is 10.6. The van der Waals surface area contributed by atoms with Gasteiger partial charge in [-0.2, -0.15) is 0 Å². The predicted octanol–water partition coefficient (Wildman–Crippen LogP) is 2.22. The van der Waals surface area contributed by atoms with Gasteiger partial charge in [0, 0.05) is 36.9 Å². The van der Waals surface area contributed by atoms with Crippen molar-refractivity contribution in [3.05, 3.63) is 21.9 Å². The lowest BCUT2D eigenvalue weighted by molar-refractivity contribution is -0.135. The van der Waals surface area contributed by atoms with E-state index in [1.54, 1.807) is 11.3 Å². The number of hydrogen-bond acceptors (Lipinski definition) is 4. The smallest absolute Gasteiger partial charge is 0.223 e. The van der Waals surface area contributed by atoms with Crippen molar-refractivity contribution in [1.29, 1.82) is 0 Å². The number of aliphatic hydroxyl groups excluding tert-OH is 1. The number of hydrogen-bond donors (Lipinski definition) is 1. The van der Waals surface area contributed by atoms with E-state index in [0.29, 0.717) is 13.0 Å². The van der Waals surface area contributed by atoms with Gasteiger partial charge in [0.05, 0.1) is 6.10 Å². The highest BCUT2D eigenvalue weighted by Gasteiger charge is 2.32. The third-order valence-corrected chi connectivity index (χ3v) is 6.16. The van der Waals surface area contributed by atoms with E-state index >= 15 is 0 Å². The van der Waals surface area contributed by atoms with Gasteiger partial charge >= 0.3 is 0 Å². The Kier molecular flexibility index (Phi) is 5.16. The van der Waals surface area contributed by atoms with E-state index in [1.165, 1.54) is 23.3 Å². The van der Waals surface area contributed by atoms with Crippen LogP contribution in [0.1, 0.15) is 42.0 Å². The topological polar surface area (TPSA) is 43.8 Å². The van der Waals surface area contributed by atoms with Gasteiger partial charge in [0.2, 0.25) is 5.91 Å². The van der Waals surface area contributed by atoms with Gasteiger partial charge in [0.1, 0.15) is 0 Å². The van der Waals surface area contributed by atoms with Gasteiger partial charge in [0.25, 0.3) is 0 Å². The molecule has 22 heavy (non-hydrogen) atoms. The van der Waals surface area contributed by atoms with E-state index < -0.39 is 6.10 Å². The number of nitrogens with zero attached hydrogens (tertiary/aromatic N) is 2. The zero-order valence-electron chi connectivity index (χ0n) is 13.3. The minimum atomic E-state index is -0.429. The summed E-state index contributed by atoms with van der Waals surface area (Å²) >= 11 is 1.73. The summed E-state index contributed by atoms with van der Waals surface area (Å²) in [4.78, 5) is 17.9. The van der Waals surface area contributed by atoms with E-state index in [9.17, 15) is 9.90 Å². The molecule has 2 saturated heterocycles. The number of thiophene rings is 1. The molecule has 3 rings (SSSR count). The minimum absolute atomic E-state index is 0.197. The van der Waals surface area contributed by atoms with Crippen LogP contribution in [0.4, 0.5) is 0 Å². The highest BCUT2D eigenvalue weighted by Crippen LogP contribution is 2.34. The summed E-state index contributed by atoms with van der Waals surface area (Å²) in [6, 6.07) is 2.11. The Morgan fingerprint density at radius 1 is 1.36 bits per heavy atom. The van der Waals surface area contributed by atoms with Crippen molar-refractivity contribution in [1.82, 2.24) is 9.80 Å². The number of carbonyl (C=O) groups excluding carboxylic acids is 1. The number of carbonyl (C=O) groups is 1. The fraction of sp³-hybridized carbons (Fsp3) is 0.706. The van der Waals surface area contributed by atoms with Crippen LogP contribution in [0.15, 0.2) is 11.4 Å². The lowest BCUT2D eigenvalue weighted by atomic mass is 9.90. The third-order valence-electron chi connectivity index (χ3n) is 5.01. The van der Waals surface area contributed by atoms with Crippen molar-refractivity contribution in [3.63, 3.8) is 0 Å². The van der Waals surface area contributed by atoms with Crippen LogP contribution >= 0.6 is 11.3 Å². The Labute approximate surface area is 136 Å². The van der Waals surface area contributed by atoms with E-state index in [2.05, 4.69) is 23.3 Å². The van der Waals surface area contributed by atoms with Gasteiger partial charge < -0.3 is 14.9 Å². The second-order valence-electron chi connectivity index (χ2n) is 6.57.